The smallest absolute Gasteiger partial charge is 0.407 e. The summed E-state index contributed by atoms with van der Waals surface area (Å²) in [4.78, 5) is 22.3. The highest BCUT2D eigenvalue weighted by Gasteiger charge is 2.15. The zero-order valence-corrected chi connectivity index (χ0v) is 10.1. The molecule has 0 heterocycles. The predicted octanol–water partition coefficient (Wildman–Crippen LogP) is -1.02. The van der Waals surface area contributed by atoms with Gasteiger partial charge < -0.3 is 25.6 Å². The van der Waals surface area contributed by atoms with Crippen molar-refractivity contribution in [2.45, 2.75) is 31.9 Å². The number of hydrogen-bond acceptors (Lipinski definition) is 5. The van der Waals surface area contributed by atoms with Crippen molar-refractivity contribution in [1.29, 1.82) is 0 Å². The molecule has 0 radical (unpaired) electrons. The first-order valence-corrected chi connectivity index (χ1v) is 5.46. The Morgan fingerprint density at radius 2 is 2.06 bits per heavy atom. The quantitative estimate of drug-likeness (QED) is 0.461. The molecule has 2 unspecified atom stereocenters. The number of ether oxygens (including phenoxy) is 1. The van der Waals surface area contributed by atoms with Crippen molar-refractivity contribution >= 4 is 12.0 Å². The molecule has 0 aliphatic carbocycles. The number of alkyl carbamates (subject to hydrolysis) is 1. The molecule has 0 aliphatic heterocycles. The topological polar surface area (TPSA) is 108 Å². The summed E-state index contributed by atoms with van der Waals surface area (Å²) >= 11 is 0. The Bertz CT molecular complexity index is 247. The minimum absolute atomic E-state index is 0.171. The van der Waals surface area contributed by atoms with Gasteiger partial charge in [0.15, 0.2) is 0 Å². The molecule has 0 aromatic rings. The molecular formula is C10H20N2O5. The molecule has 0 spiro atoms. The van der Waals surface area contributed by atoms with Crippen LogP contribution in [0, 0.1) is 0 Å². The van der Waals surface area contributed by atoms with E-state index in [0.29, 0.717) is 6.42 Å². The molecule has 0 aromatic heterocycles. The summed E-state index contributed by atoms with van der Waals surface area (Å²) in [7, 11) is 1.52. The van der Waals surface area contributed by atoms with Crippen molar-refractivity contribution in [2.75, 3.05) is 20.3 Å². The highest BCUT2D eigenvalue weighted by Crippen LogP contribution is 1.98. The van der Waals surface area contributed by atoms with Crippen LogP contribution in [-0.2, 0) is 9.53 Å². The lowest BCUT2D eigenvalue weighted by molar-refractivity contribution is -0.121. The molecule has 0 aliphatic rings. The summed E-state index contributed by atoms with van der Waals surface area (Å²) in [6, 6.07) is -0.311. The third kappa shape index (κ3) is 7.53. The highest BCUT2D eigenvalue weighted by atomic mass is 16.6. The molecule has 100 valence electrons. The first-order valence-electron chi connectivity index (χ1n) is 5.46. The van der Waals surface area contributed by atoms with E-state index in [-0.39, 0.29) is 25.0 Å². The molecule has 7 heteroatoms. The Morgan fingerprint density at radius 3 is 2.53 bits per heavy atom. The molecule has 17 heavy (non-hydrogen) atoms. The van der Waals surface area contributed by atoms with E-state index in [1.165, 1.54) is 7.05 Å². The van der Waals surface area contributed by atoms with Gasteiger partial charge in [-0.25, -0.2) is 4.79 Å². The minimum atomic E-state index is -1.08. The highest BCUT2D eigenvalue weighted by molar-refractivity contribution is 5.77. The van der Waals surface area contributed by atoms with Crippen molar-refractivity contribution in [3.05, 3.63) is 0 Å². The lowest BCUT2D eigenvalue weighted by atomic mass is 10.1. The van der Waals surface area contributed by atoms with E-state index in [9.17, 15) is 9.59 Å². The molecule has 0 saturated heterocycles. The van der Waals surface area contributed by atoms with Crippen molar-refractivity contribution in [2.24, 2.45) is 0 Å². The lowest BCUT2D eigenvalue weighted by Crippen LogP contribution is -2.39. The minimum Gasteiger partial charge on any atom is -0.447 e. The van der Waals surface area contributed by atoms with Crippen molar-refractivity contribution in [3.8, 4) is 0 Å². The summed E-state index contributed by atoms with van der Waals surface area (Å²) in [5.74, 6) is -0.174. The maximum absolute atomic E-state index is 11.2. The van der Waals surface area contributed by atoms with E-state index in [1.807, 2.05) is 6.92 Å². The largest absolute Gasteiger partial charge is 0.447 e. The van der Waals surface area contributed by atoms with E-state index >= 15 is 0 Å². The van der Waals surface area contributed by atoms with Crippen molar-refractivity contribution < 1.29 is 24.5 Å². The Hall–Kier alpha value is -1.34. The molecule has 0 saturated carbocycles. The number of nitrogens with one attached hydrogen (secondary N) is 2. The maximum Gasteiger partial charge on any atom is 0.407 e. The summed E-state index contributed by atoms with van der Waals surface area (Å²) in [5, 5.41) is 22.4. The van der Waals surface area contributed by atoms with E-state index in [4.69, 9.17) is 10.2 Å². The van der Waals surface area contributed by atoms with E-state index < -0.39 is 18.8 Å². The number of amides is 2. The standard InChI is InChI=1S/C10H20N2O5/c1-3-7(4-9(15)11-2)12-10(16)17-6-8(14)5-13/h7-8,13-14H,3-6H2,1-2H3,(H,11,15)(H,12,16). The number of aliphatic hydroxyl groups excluding tert-OH is 2. The monoisotopic (exact) mass is 248 g/mol. The zero-order valence-electron chi connectivity index (χ0n) is 10.1. The molecule has 2 amide bonds. The van der Waals surface area contributed by atoms with Gasteiger partial charge in [-0.3, -0.25) is 4.79 Å². The second-order valence-corrected chi connectivity index (χ2v) is 3.56. The molecule has 0 rings (SSSR count). The van der Waals surface area contributed by atoms with Gasteiger partial charge in [0, 0.05) is 19.5 Å². The average Bonchev–Trinajstić information content (AvgIpc) is 2.34. The maximum atomic E-state index is 11.2. The number of hydrogen-bond donors (Lipinski definition) is 4. The molecule has 0 fully saturated rings. The van der Waals surface area contributed by atoms with Crippen molar-refractivity contribution in [3.63, 3.8) is 0 Å². The fourth-order valence-electron chi connectivity index (χ4n) is 1.06. The van der Waals surface area contributed by atoms with Crippen molar-refractivity contribution in [1.82, 2.24) is 10.6 Å². The summed E-state index contributed by atoms with van der Waals surface area (Å²) in [6.45, 7) is 1.08. The van der Waals surface area contributed by atoms with Crippen LogP contribution in [0.4, 0.5) is 4.79 Å². The summed E-state index contributed by atoms with van der Waals surface area (Å²) < 4.78 is 4.65. The number of aliphatic hydroxyl groups is 2. The average molecular weight is 248 g/mol. The number of rotatable bonds is 7. The second kappa shape index (κ2) is 8.77. The SMILES string of the molecule is CCC(CC(=O)NC)NC(=O)OCC(O)CO. The van der Waals surface area contributed by atoms with Gasteiger partial charge in [-0.15, -0.1) is 0 Å². The zero-order chi connectivity index (χ0) is 13.3. The molecule has 0 aromatic carbocycles. The summed E-state index contributed by atoms with van der Waals surface area (Å²) in [6.07, 6.45) is -1.04. The van der Waals surface area contributed by atoms with Crippen LogP contribution in [0.25, 0.3) is 0 Å². The van der Waals surface area contributed by atoms with Crippen LogP contribution in [-0.4, -0.2) is 54.6 Å². The molecular weight excluding hydrogens is 228 g/mol. The first kappa shape index (κ1) is 15.7. The van der Waals surface area contributed by atoms with Gasteiger partial charge in [-0.2, -0.15) is 0 Å². The Morgan fingerprint density at radius 1 is 1.41 bits per heavy atom. The van der Waals surface area contributed by atoms with Gasteiger partial charge >= 0.3 is 6.09 Å². The van der Waals surface area contributed by atoms with Crippen LogP contribution in [0.3, 0.4) is 0 Å². The van der Waals surface area contributed by atoms with Gasteiger partial charge in [-0.1, -0.05) is 6.92 Å². The van der Waals surface area contributed by atoms with E-state index in [1.54, 1.807) is 0 Å². The summed E-state index contributed by atoms with van der Waals surface area (Å²) in [5.41, 5.74) is 0. The van der Waals surface area contributed by atoms with Crippen LogP contribution >= 0.6 is 0 Å². The third-order valence-electron chi connectivity index (χ3n) is 2.14. The van der Waals surface area contributed by atoms with Crippen LogP contribution in [0.5, 0.6) is 0 Å². The van der Waals surface area contributed by atoms with Gasteiger partial charge in [0.1, 0.15) is 12.7 Å². The molecule has 4 N–H and O–H groups in total. The first-order chi connectivity index (χ1) is 8.03. The molecule has 7 nitrogen and oxygen atoms in total. The molecule has 2 atom stereocenters. The third-order valence-corrected chi connectivity index (χ3v) is 2.14. The Kier molecular flexibility index (Phi) is 8.08. The van der Waals surface area contributed by atoms with E-state index in [0.717, 1.165) is 0 Å². The van der Waals surface area contributed by atoms with Crippen LogP contribution in [0.2, 0.25) is 0 Å². The molecule has 0 bridgehead atoms. The van der Waals surface area contributed by atoms with Gasteiger partial charge in [-0.05, 0) is 6.42 Å². The number of carbonyl (C=O) groups excluding carboxylic acids is 2. The lowest BCUT2D eigenvalue weighted by Gasteiger charge is -2.16. The number of carbonyl (C=O) groups is 2. The fourth-order valence-corrected chi connectivity index (χ4v) is 1.06. The van der Waals surface area contributed by atoms with Crippen LogP contribution in [0.1, 0.15) is 19.8 Å². The van der Waals surface area contributed by atoms with Crippen LogP contribution < -0.4 is 10.6 Å². The van der Waals surface area contributed by atoms with Gasteiger partial charge in [0.05, 0.1) is 6.61 Å². The van der Waals surface area contributed by atoms with Crippen LogP contribution in [0.15, 0.2) is 0 Å². The Labute approximate surface area is 100 Å². The van der Waals surface area contributed by atoms with Gasteiger partial charge in [0.2, 0.25) is 5.91 Å². The normalized spacial score (nSPS) is 13.6. The predicted molar refractivity (Wildman–Crippen MR) is 60.3 cm³/mol. The second-order valence-electron chi connectivity index (χ2n) is 3.56. The van der Waals surface area contributed by atoms with Gasteiger partial charge in [0.25, 0.3) is 0 Å². The Balaban J connectivity index is 3.93. The fraction of sp³-hybridized carbons (Fsp3) is 0.800. The van der Waals surface area contributed by atoms with E-state index in [2.05, 4.69) is 15.4 Å².